The molecule has 6 nitrogen and oxygen atoms in total. The number of rotatable bonds is 5. The van der Waals surface area contributed by atoms with Crippen LogP contribution in [0.1, 0.15) is 55.7 Å². The molecule has 1 aromatic rings. The second-order valence-corrected chi connectivity index (χ2v) is 4.94. The molecule has 1 saturated carbocycles. The molecule has 3 N–H and O–H groups in total. The molecule has 1 aliphatic carbocycles. The molecule has 1 fully saturated rings. The van der Waals surface area contributed by atoms with Crippen molar-refractivity contribution in [1.82, 2.24) is 15.5 Å². The fraction of sp³-hybridized carbons (Fsp3) is 0.727. The summed E-state index contributed by atoms with van der Waals surface area (Å²) in [6, 6.07) is -0.0150. The molecule has 0 aromatic carbocycles. The number of hydrogen-bond acceptors (Lipinski definition) is 5. The first kappa shape index (κ1) is 12.0. The molecule has 94 valence electrons. The number of aromatic nitrogens is 2. The van der Waals surface area contributed by atoms with E-state index >= 15 is 0 Å². The van der Waals surface area contributed by atoms with E-state index in [9.17, 15) is 4.79 Å². The molecule has 0 spiro atoms. The molecule has 0 aliphatic heterocycles. The molecule has 0 saturated heterocycles. The summed E-state index contributed by atoms with van der Waals surface area (Å²) in [5.41, 5.74) is 5.90. The zero-order valence-electron chi connectivity index (χ0n) is 10.1. The zero-order chi connectivity index (χ0) is 12.4. The number of carbonyl (C=O) groups is 1. The van der Waals surface area contributed by atoms with Crippen LogP contribution in [-0.4, -0.2) is 22.1 Å². The zero-order valence-corrected chi connectivity index (χ0v) is 10.1. The highest BCUT2D eigenvalue weighted by molar-refractivity contribution is 5.90. The predicted molar refractivity (Wildman–Crippen MR) is 61.2 cm³/mol. The van der Waals surface area contributed by atoms with Gasteiger partial charge < -0.3 is 15.6 Å². The normalized spacial score (nSPS) is 17.2. The third-order valence-corrected chi connectivity index (χ3v) is 2.60. The maximum absolute atomic E-state index is 11.6. The van der Waals surface area contributed by atoms with Crippen LogP contribution in [0.5, 0.6) is 0 Å². The second-order valence-electron chi connectivity index (χ2n) is 4.94. The molecule has 1 atom stereocenters. The predicted octanol–water partition coefficient (Wildman–Crippen LogP) is 1.01. The van der Waals surface area contributed by atoms with Gasteiger partial charge >= 0.3 is 0 Å². The van der Waals surface area contributed by atoms with Crippen LogP contribution in [0.25, 0.3) is 0 Å². The van der Waals surface area contributed by atoms with E-state index in [-0.39, 0.29) is 23.8 Å². The van der Waals surface area contributed by atoms with Crippen LogP contribution >= 0.6 is 0 Å². The van der Waals surface area contributed by atoms with Gasteiger partial charge in [0.25, 0.3) is 11.7 Å². The Kier molecular flexibility index (Phi) is 3.42. The van der Waals surface area contributed by atoms with Gasteiger partial charge in [0.1, 0.15) is 0 Å². The summed E-state index contributed by atoms with van der Waals surface area (Å²) in [7, 11) is 0. The largest absolute Gasteiger partial charge is 0.346 e. The standard InChI is InChI=1S/C11H18N4O2/c1-6(2)5-8(12)11-14-9(15-17-11)10(16)13-7-3-4-7/h6-8H,3-5,12H2,1-2H3,(H,13,16)/t8-/m1/s1. The molecule has 0 unspecified atom stereocenters. The summed E-state index contributed by atoms with van der Waals surface area (Å²) < 4.78 is 5.00. The first-order chi connectivity index (χ1) is 8.06. The lowest BCUT2D eigenvalue weighted by Crippen LogP contribution is -2.26. The Morgan fingerprint density at radius 3 is 2.88 bits per heavy atom. The molecule has 6 heteroatoms. The Hall–Kier alpha value is -1.43. The summed E-state index contributed by atoms with van der Waals surface area (Å²) in [6.45, 7) is 4.13. The van der Waals surface area contributed by atoms with E-state index < -0.39 is 0 Å². The molecule has 0 bridgehead atoms. The van der Waals surface area contributed by atoms with E-state index in [1.165, 1.54) is 0 Å². The molecule has 1 heterocycles. The average Bonchev–Trinajstić information content (AvgIpc) is 2.92. The number of nitrogens with two attached hydrogens (primary N) is 1. The smallest absolute Gasteiger partial charge is 0.292 e. The van der Waals surface area contributed by atoms with Gasteiger partial charge in [-0.25, -0.2) is 0 Å². The fourth-order valence-corrected chi connectivity index (χ4v) is 1.56. The van der Waals surface area contributed by atoms with Gasteiger partial charge in [0.15, 0.2) is 0 Å². The summed E-state index contributed by atoms with van der Waals surface area (Å²) in [5.74, 6) is 0.575. The SMILES string of the molecule is CC(C)C[C@@H](N)c1nc(C(=O)NC2CC2)no1. The van der Waals surface area contributed by atoms with Crippen LogP contribution < -0.4 is 11.1 Å². The molecular formula is C11H18N4O2. The van der Waals surface area contributed by atoms with E-state index in [0.29, 0.717) is 11.8 Å². The van der Waals surface area contributed by atoms with Crippen molar-refractivity contribution in [3.63, 3.8) is 0 Å². The number of hydrogen-bond donors (Lipinski definition) is 2. The van der Waals surface area contributed by atoms with Crippen molar-refractivity contribution in [2.24, 2.45) is 11.7 Å². The van der Waals surface area contributed by atoms with Gasteiger partial charge in [-0.2, -0.15) is 4.98 Å². The Morgan fingerprint density at radius 2 is 2.29 bits per heavy atom. The van der Waals surface area contributed by atoms with Crippen molar-refractivity contribution in [2.45, 2.75) is 45.2 Å². The van der Waals surface area contributed by atoms with E-state index in [1.807, 2.05) is 0 Å². The van der Waals surface area contributed by atoms with Crippen LogP contribution in [0.4, 0.5) is 0 Å². The van der Waals surface area contributed by atoms with Gasteiger partial charge in [0.2, 0.25) is 5.89 Å². The van der Waals surface area contributed by atoms with Crippen LogP contribution in [0.2, 0.25) is 0 Å². The second kappa shape index (κ2) is 4.83. The van der Waals surface area contributed by atoms with Crippen molar-refractivity contribution >= 4 is 5.91 Å². The van der Waals surface area contributed by atoms with Gasteiger partial charge in [-0.05, 0) is 25.2 Å². The quantitative estimate of drug-likeness (QED) is 0.798. The maximum Gasteiger partial charge on any atom is 0.292 e. The van der Waals surface area contributed by atoms with Crippen LogP contribution in [0, 0.1) is 5.92 Å². The van der Waals surface area contributed by atoms with Crippen LogP contribution in [-0.2, 0) is 0 Å². The van der Waals surface area contributed by atoms with Crippen molar-refractivity contribution in [2.75, 3.05) is 0 Å². The molecule has 1 aromatic heterocycles. The number of amides is 1. The molecule has 2 rings (SSSR count). The maximum atomic E-state index is 11.6. The van der Waals surface area contributed by atoms with Gasteiger partial charge in [-0.1, -0.05) is 19.0 Å². The molecule has 0 radical (unpaired) electrons. The van der Waals surface area contributed by atoms with Gasteiger partial charge in [-0.15, -0.1) is 0 Å². The van der Waals surface area contributed by atoms with Crippen molar-refractivity contribution in [1.29, 1.82) is 0 Å². The van der Waals surface area contributed by atoms with Gasteiger partial charge in [-0.3, -0.25) is 4.79 Å². The summed E-state index contributed by atoms with van der Waals surface area (Å²) in [6.07, 6.45) is 2.82. The minimum atomic E-state index is -0.301. The van der Waals surface area contributed by atoms with E-state index in [2.05, 4.69) is 29.3 Å². The Bertz CT molecular complexity index is 398. The lowest BCUT2D eigenvalue weighted by Gasteiger charge is -2.08. The number of nitrogens with one attached hydrogen (secondary N) is 1. The first-order valence-corrected chi connectivity index (χ1v) is 5.96. The average molecular weight is 238 g/mol. The number of carbonyl (C=O) groups excluding carboxylic acids is 1. The summed E-state index contributed by atoms with van der Waals surface area (Å²) >= 11 is 0. The molecule has 1 aliphatic rings. The minimum absolute atomic E-state index is 0.0751. The van der Waals surface area contributed by atoms with Crippen molar-refractivity contribution < 1.29 is 9.32 Å². The van der Waals surface area contributed by atoms with Crippen molar-refractivity contribution in [3.8, 4) is 0 Å². The lowest BCUT2D eigenvalue weighted by atomic mass is 10.0. The topological polar surface area (TPSA) is 94.0 Å². The molecule has 1 amide bonds. The van der Waals surface area contributed by atoms with Crippen molar-refractivity contribution in [3.05, 3.63) is 11.7 Å². The minimum Gasteiger partial charge on any atom is -0.346 e. The highest BCUT2D eigenvalue weighted by atomic mass is 16.5. The third-order valence-electron chi connectivity index (χ3n) is 2.60. The highest BCUT2D eigenvalue weighted by Gasteiger charge is 2.26. The first-order valence-electron chi connectivity index (χ1n) is 5.96. The van der Waals surface area contributed by atoms with E-state index in [4.69, 9.17) is 10.3 Å². The van der Waals surface area contributed by atoms with E-state index in [0.717, 1.165) is 19.3 Å². The Morgan fingerprint density at radius 1 is 1.59 bits per heavy atom. The third kappa shape index (κ3) is 3.26. The van der Waals surface area contributed by atoms with Crippen LogP contribution in [0.15, 0.2) is 4.52 Å². The van der Waals surface area contributed by atoms with Gasteiger partial charge in [0, 0.05) is 6.04 Å². The highest BCUT2D eigenvalue weighted by Crippen LogP contribution is 2.20. The Balaban J connectivity index is 1.96. The monoisotopic (exact) mass is 238 g/mol. The fourth-order valence-electron chi connectivity index (χ4n) is 1.56. The summed E-state index contributed by atoms with van der Waals surface area (Å²) in [4.78, 5) is 15.6. The van der Waals surface area contributed by atoms with Crippen LogP contribution in [0.3, 0.4) is 0 Å². The molecule has 17 heavy (non-hydrogen) atoms. The van der Waals surface area contributed by atoms with Gasteiger partial charge in [0.05, 0.1) is 6.04 Å². The Labute approximate surface area is 99.9 Å². The van der Waals surface area contributed by atoms with E-state index in [1.54, 1.807) is 0 Å². The summed E-state index contributed by atoms with van der Waals surface area (Å²) in [5, 5.41) is 6.45. The number of nitrogens with zero attached hydrogens (tertiary/aromatic N) is 2. The molecular weight excluding hydrogens is 220 g/mol. The lowest BCUT2D eigenvalue weighted by molar-refractivity contribution is 0.0937.